The van der Waals surface area contributed by atoms with E-state index in [0.29, 0.717) is 17.4 Å². The molecule has 2 atom stereocenters. The monoisotopic (exact) mass is 500 g/mol. The molecule has 1 aliphatic carbocycles. The molecule has 3 aromatic rings. The number of hydrogen-bond donors (Lipinski definition) is 2. The Labute approximate surface area is 205 Å². The minimum Gasteiger partial charge on any atom is -0.368 e. The minimum absolute atomic E-state index is 0.112. The van der Waals surface area contributed by atoms with Crippen LogP contribution in [0.4, 0.5) is 18.9 Å². The molecule has 1 aromatic carbocycles. The number of H-pyrrole nitrogens is 1. The number of halogens is 3. The molecule has 3 heterocycles. The van der Waals surface area contributed by atoms with Crippen LogP contribution in [0.2, 0.25) is 0 Å². The molecule has 1 saturated heterocycles. The van der Waals surface area contributed by atoms with Crippen LogP contribution in [0, 0.1) is 5.82 Å². The summed E-state index contributed by atoms with van der Waals surface area (Å²) in [5, 5.41) is 2.42. The molecule has 11 heteroatoms. The van der Waals surface area contributed by atoms with Crippen LogP contribution in [-0.4, -0.2) is 71.0 Å². The van der Waals surface area contributed by atoms with Crippen molar-refractivity contribution in [1.82, 2.24) is 25.2 Å². The largest absolute Gasteiger partial charge is 0.368 e. The molecule has 1 aliphatic heterocycles. The quantitative estimate of drug-likeness (QED) is 0.541. The number of piperazine rings is 1. The van der Waals surface area contributed by atoms with Gasteiger partial charge in [-0.15, -0.1) is 0 Å². The Hall–Kier alpha value is -3.47. The maximum atomic E-state index is 13.5. The number of carbonyl (C=O) groups excluding carboxylic acids is 1. The Bertz CT molecular complexity index is 1290. The average Bonchev–Trinajstić information content (AvgIpc) is 3.38. The average molecular weight is 501 g/mol. The van der Waals surface area contributed by atoms with Crippen molar-refractivity contribution in [2.75, 3.05) is 37.6 Å². The molecule has 1 saturated carbocycles. The number of fused-ring (bicyclic) bond motifs is 1. The van der Waals surface area contributed by atoms with Crippen molar-refractivity contribution in [3.8, 4) is 0 Å². The Balaban J connectivity index is 1.16. The molecule has 2 N–H and O–H groups in total. The number of carbonyl (C=O) groups is 1. The number of amides is 1. The summed E-state index contributed by atoms with van der Waals surface area (Å²) >= 11 is 0. The lowest BCUT2D eigenvalue weighted by molar-refractivity contribution is 0.0887. The van der Waals surface area contributed by atoms with Crippen molar-refractivity contribution < 1.29 is 18.0 Å². The van der Waals surface area contributed by atoms with Crippen molar-refractivity contribution in [3.05, 3.63) is 64.2 Å². The van der Waals surface area contributed by atoms with E-state index in [2.05, 4.69) is 30.1 Å². The molecule has 36 heavy (non-hydrogen) atoms. The Morgan fingerprint density at radius 3 is 2.67 bits per heavy atom. The van der Waals surface area contributed by atoms with Crippen LogP contribution in [0.3, 0.4) is 0 Å². The lowest BCUT2D eigenvalue weighted by Gasteiger charge is -2.39. The molecule has 0 bridgehead atoms. The molecule has 0 radical (unpaired) electrons. The first kappa shape index (κ1) is 24.2. The second-order valence-electron chi connectivity index (χ2n) is 9.30. The van der Waals surface area contributed by atoms with Crippen molar-refractivity contribution >= 4 is 22.5 Å². The zero-order valence-corrected chi connectivity index (χ0v) is 19.6. The van der Waals surface area contributed by atoms with Gasteiger partial charge in [-0.2, -0.15) is 0 Å². The first-order valence-corrected chi connectivity index (χ1v) is 12.1. The van der Waals surface area contributed by atoms with Crippen LogP contribution in [0.5, 0.6) is 0 Å². The molecule has 2 aromatic heterocycles. The normalized spacial score (nSPS) is 20.8. The summed E-state index contributed by atoms with van der Waals surface area (Å²) in [6.07, 6.45) is 1.85. The number of nitrogens with zero attached hydrogens (tertiary/aromatic N) is 4. The molecule has 0 spiro atoms. The van der Waals surface area contributed by atoms with E-state index < -0.39 is 24.7 Å². The summed E-state index contributed by atoms with van der Waals surface area (Å²) in [4.78, 5) is 40.6. The number of hydrogen-bond acceptors (Lipinski definition) is 6. The molecule has 1 amide bonds. The van der Waals surface area contributed by atoms with Gasteiger partial charge in [-0.25, -0.2) is 23.1 Å². The molecule has 2 aliphatic rings. The van der Waals surface area contributed by atoms with Gasteiger partial charge < -0.3 is 15.2 Å². The molecule has 0 unspecified atom stereocenters. The number of aromatic nitrogens is 3. The molecule has 2 fully saturated rings. The highest BCUT2D eigenvalue weighted by molar-refractivity contribution is 5.92. The lowest BCUT2D eigenvalue weighted by atomic mass is 10.1. The van der Waals surface area contributed by atoms with Crippen LogP contribution in [0.15, 0.2) is 41.3 Å². The van der Waals surface area contributed by atoms with Crippen molar-refractivity contribution in [2.24, 2.45) is 0 Å². The first-order valence-electron chi connectivity index (χ1n) is 12.1. The van der Waals surface area contributed by atoms with E-state index in [1.54, 1.807) is 24.4 Å². The zero-order chi connectivity index (χ0) is 25.2. The van der Waals surface area contributed by atoms with Gasteiger partial charge in [0.05, 0.1) is 29.3 Å². The summed E-state index contributed by atoms with van der Waals surface area (Å²) in [5.41, 5.74) is 1.20. The highest BCUT2D eigenvalue weighted by atomic mass is 19.3. The van der Waals surface area contributed by atoms with Gasteiger partial charge in [-0.05, 0) is 49.6 Å². The van der Waals surface area contributed by atoms with Crippen molar-refractivity contribution in [1.29, 1.82) is 0 Å². The SMILES string of the molecule is O=C(NCC(F)F)c1ccc(N2CCN([C@@H]3CC[C@@H](c4nc5ccc(F)cc5c(=O)[nH]4)C3)CC2)cn1. The third kappa shape index (κ3) is 5.20. The minimum atomic E-state index is -2.60. The number of pyridine rings is 1. The zero-order valence-electron chi connectivity index (χ0n) is 19.6. The van der Waals surface area contributed by atoms with E-state index in [4.69, 9.17) is 0 Å². The summed E-state index contributed by atoms with van der Waals surface area (Å²) < 4.78 is 38.0. The first-order chi connectivity index (χ1) is 17.4. The lowest BCUT2D eigenvalue weighted by Crippen LogP contribution is -2.49. The summed E-state index contributed by atoms with van der Waals surface area (Å²) in [6.45, 7) is 2.65. The van der Waals surface area contributed by atoms with Gasteiger partial charge in [0.2, 0.25) is 0 Å². The standard InChI is InChI=1S/C25H27F3N6O2/c26-16-2-5-20-19(12-16)24(35)32-23(31-20)15-1-3-17(11-15)33-7-9-34(10-8-33)18-4-6-21(29-13-18)25(36)30-14-22(27)28/h2,4-6,12-13,15,17,22H,1,3,7-11,14H2,(H,30,36)(H,31,32,35)/t15-,17-/m1/s1. The fourth-order valence-electron chi connectivity index (χ4n) is 5.17. The van der Waals surface area contributed by atoms with E-state index in [0.717, 1.165) is 51.1 Å². The van der Waals surface area contributed by atoms with Gasteiger partial charge in [-0.3, -0.25) is 14.5 Å². The Morgan fingerprint density at radius 2 is 1.94 bits per heavy atom. The topological polar surface area (TPSA) is 94.2 Å². The molecular formula is C25H27F3N6O2. The van der Waals surface area contributed by atoms with Crippen molar-refractivity contribution in [2.45, 2.75) is 37.6 Å². The Morgan fingerprint density at radius 1 is 1.14 bits per heavy atom. The van der Waals surface area contributed by atoms with E-state index in [1.165, 1.54) is 12.1 Å². The predicted molar refractivity (Wildman–Crippen MR) is 129 cm³/mol. The predicted octanol–water partition coefficient (Wildman–Crippen LogP) is 2.91. The number of benzene rings is 1. The fourth-order valence-corrected chi connectivity index (χ4v) is 5.17. The second-order valence-corrected chi connectivity index (χ2v) is 9.30. The van der Waals surface area contributed by atoms with E-state index in [-0.39, 0.29) is 22.6 Å². The van der Waals surface area contributed by atoms with Crippen LogP contribution in [0.1, 0.15) is 41.5 Å². The third-order valence-corrected chi connectivity index (χ3v) is 7.07. The van der Waals surface area contributed by atoms with E-state index in [1.807, 2.05) is 0 Å². The van der Waals surface area contributed by atoms with Crippen LogP contribution in [0.25, 0.3) is 10.9 Å². The Kier molecular flexibility index (Phi) is 6.90. The van der Waals surface area contributed by atoms with Gasteiger partial charge in [0, 0.05) is 38.1 Å². The van der Waals surface area contributed by atoms with Gasteiger partial charge >= 0.3 is 0 Å². The van der Waals surface area contributed by atoms with Crippen molar-refractivity contribution in [3.63, 3.8) is 0 Å². The van der Waals surface area contributed by atoms with E-state index in [9.17, 15) is 22.8 Å². The second kappa shape index (κ2) is 10.3. The highest BCUT2D eigenvalue weighted by Crippen LogP contribution is 2.36. The molecular weight excluding hydrogens is 473 g/mol. The number of anilines is 1. The number of aromatic amines is 1. The number of nitrogens with one attached hydrogen (secondary N) is 2. The van der Waals surface area contributed by atoms with Gasteiger partial charge in [0.15, 0.2) is 0 Å². The molecule has 5 rings (SSSR count). The maximum absolute atomic E-state index is 13.5. The molecule has 8 nitrogen and oxygen atoms in total. The van der Waals surface area contributed by atoms with E-state index >= 15 is 0 Å². The number of alkyl halides is 2. The van der Waals surface area contributed by atoms with Gasteiger partial charge in [0.1, 0.15) is 17.3 Å². The summed E-state index contributed by atoms with van der Waals surface area (Å²) in [6, 6.07) is 7.82. The van der Waals surface area contributed by atoms with Gasteiger partial charge in [0.25, 0.3) is 17.9 Å². The van der Waals surface area contributed by atoms with Crippen LogP contribution in [-0.2, 0) is 0 Å². The smallest absolute Gasteiger partial charge is 0.270 e. The summed E-state index contributed by atoms with van der Waals surface area (Å²) in [7, 11) is 0. The van der Waals surface area contributed by atoms with Crippen LogP contribution < -0.4 is 15.8 Å². The fraction of sp³-hybridized carbons (Fsp3) is 0.440. The van der Waals surface area contributed by atoms with Gasteiger partial charge in [-0.1, -0.05) is 0 Å². The van der Waals surface area contributed by atoms with Crippen LogP contribution >= 0.6 is 0 Å². The third-order valence-electron chi connectivity index (χ3n) is 7.07. The maximum Gasteiger partial charge on any atom is 0.270 e. The molecule has 190 valence electrons. The highest BCUT2D eigenvalue weighted by Gasteiger charge is 2.33. The summed E-state index contributed by atoms with van der Waals surface area (Å²) in [5.74, 6) is -0.242. The number of rotatable bonds is 6.